The number of likely N-dealkylation sites (tertiary alicyclic amines) is 1. The lowest BCUT2D eigenvalue weighted by atomic mass is 9.78. The molecule has 0 amide bonds. The van der Waals surface area contributed by atoms with E-state index in [1.54, 1.807) is 0 Å². The molecule has 1 N–H and O–H groups in total. The highest BCUT2D eigenvalue weighted by Gasteiger charge is 2.41. The number of hydrogen-bond donors (Lipinski definition) is 1. The van der Waals surface area contributed by atoms with Gasteiger partial charge in [0.05, 0.1) is 0 Å². The Hall–Kier alpha value is -0.0800. The molecule has 0 unspecified atom stereocenters. The Morgan fingerprint density at radius 3 is 3.00 bits per heavy atom. The van der Waals surface area contributed by atoms with Crippen LogP contribution in [0.1, 0.15) is 32.6 Å². The first kappa shape index (κ1) is 8.52. The zero-order valence-corrected chi connectivity index (χ0v) is 8.27. The second-order valence-corrected chi connectivity index (χ2v) is 4.53. The van der Waals surface area contributed by atoms with Gasteiger partial charge in [0.25, 0.3) is 0 Å². The number of nitrogens with zero attached hydrogens (tertiary/aromatic N) is 1. The third-order valence-electron chi connectivity index (χ3n) is 3.86. The third-order valence-corrected chi connectivity index (χ3v) is 3.86. The third kappa shape index (κ3) is 1.17. The number of fused-ring (bicyclic) bond motifs is 1. The molecule has 0 aromatic carbocycles. The molecule has 2 aliphatic heterocycles. The van der Waals surface area contributed by atoms with Gasteiger partial charge in [-0.1, -0.05) is 0 Å². The Balaban J connectivity index is 2.14. The first-order valence-electron chi connectivity index (χ1n) is 5.18. The van der Waals surface area contributed by atoms with Gasteiger partial charge in [0.15, 0.2) is 0 Å². The van der Waals surface area contributed by atoms with Crippen molar-refractivity contribution in [3.8, 4) is 0 Å². The van der Waals surface area contributed by atoms with Crippen LogP contribution in [-0.2, 0) is 0 Å². The number of likely N-dealkylation sites (N-methyl/N-ethyl adjacent to an activating group) is 1. The fraction of sp³-hybridized carbons (Fsp3) is 1.00. The van der Waals surface area contributed by atoms with Crippen molar-refractivity contribution in [2.24, 2.45) is 0 Å². The van der Waals surface area contributed by atoms with Crippen LogP contribution >= 0.6 is 0 Å². The van der Waals surface area contributed by atoms with Crippen molar-refractivity contribution in [2.45, 2.75) is 44.2 Å². The fourth-order valence-corrected chi connectivity index (χ4v) is 2.77. The van der Waals surface area contributed by atoms with Gasteiger partial charge < -0.3 is 5.32 Å². The van der Waals surface area contributed by atoms with E-state index >= 15 is 0 Å². The van der Waals surface area contributed by atoms with Gasteiger partial charge in [0, 0.05) is 11.6 Å². The van der Waals surface area contributed by atoms with Crippen LogP contribution in [0.3, 0.4) is 0 Å². The van der Waals surface area contributed by atoms with Crippen LogP contribution in [-0.4, -0.2) is 36.6 Å². The molecule has 2 aliphatic rings. The van der Waals surface area contributed by atoms with Gasteiger partial charge in [-0.3, -0.25) is 4.90 Å². The molecule has 2 fully saturated rings. The van der Waals surface area contributed by atoms with Crippen molar-refractivity contribution in [3.05, 3.63) is 0 Å². The summed E-state index contributed by atoms with van der Waals surface area (Å²) in [7, 11) is 2.28. The number of piperidine rings is 2. The van der Waals surface area contributed by atoms with Gasteiger partial charge in [-0.2, -0.15) is 0 Å². The molecule has 70 valence electrons. The van der Waals surface area contributed by atoms with E-state index in [2.05, 4.69) is 24.2 Å². The van der Waals surface area contributed by atoms with Crippen LogP contribution < -0.4 is 5.32 Å². The Labute approximate surface area is 75.3 Å². The van der Waals surface area contributed by atoms with Crippen molar-refractivity contribution >= 4 is 0 Å². The molecule has 2 heterocycles. The summed E-state index contributed by atoms with van der Waals surface area (Å²) in [5, 5.41) is 3.65. The molecule has 2 saturated heterocycles. The highest BCUT2D eigenvalue weighted by atomic mass is 15.2. The van der Waals surface area contributed by atoms with E-state index in [1.807, 2.05) is 0 Å². The van der Waals surface area contributed by atoms with E-state index in [4.69, 9.17) is 0 Å². The lowest BCUT2D eigenvalue weighted by Crippen LogP contribution is -2.63. The van der Waals surface area contributed by atoms with Crippen LogP contribution in [0, 0.1) is 0 Å². The minimum atomic E-state index is 0.455. The van der Waals surface area contributed by atoms with Gasteiger partial charge >= 0.3 is 0 Å². The van der Waals surface area contributed by atoms with Gasteiger partial charge in [-0.15, -0.1) is 0 Å². The second-order valence-electron chi connectivity index (χ2n) is 4.53. The number of hydrogen-bond acceptors (Lipinski definition) is 2. The summed E-state index contributed by atoms with van der Waals surface area (Å²) in [6.45, 7) is 4.94. The second kappa shape index (κ2) is 3.00. The first-order chi connectivity index (χ1) is 5.73. The van der Waals surface area contributed by atoms with Crippen molar-refractivity contribution < 1.29 is 0 Å². The largest absolute Gasteiger partial charge is 0.312 e. The lowest BCUT2D eigenvalue weighted by molar-refractivity contribution is 0.0262. The highest BCUT2D eigenvalue weighted by Crippen LogP contribution is 2.33. The average Bonchev–Trinajstić information content (AvgIpc) is 2.07. The Morgan fingerprint density at radius 2 is 2.25 bits per heavy atom. The minimum Gasteiger partial charge on any atom is -0.312 e. The molecule has 2 nitrogen and oxygen atoms in total. The summed E-state index contributed by atoms with van der Waals surface area (Å²) in [6, 6.07) is 0.755. The Kier molecular flexibility index (Phi) is 2.13. The topological polar surface area (TPSA) is 15.3 Å². The van der Waals surface area contributed by atoms with Gasteiger partial charge in [0.1, 0.15) is 0 Å². The van der Waals surface area contributed by atoms with Crippen LogP contribution in [0.15, 0.2) is 0 Å². The number of nitrogens with one attached hydrogen (secondary N) is 1. The average molecular weight is 168 g/mol. The monoisotopic (exact) mass is 168 g/mol. The summed E-state index contributed by atoms with van der Waals surface area (Å²) in [5.41, 5.74) is 0.455. The number of rotatable bonds is 0. The van der Waals surface area contributed by atoms with Crippen LogP contribution in [0.25, 0.3) is 0 Å². The van der Waals surface area contributed by atoms with E-state index < -0.39 is 0 Å². The van der Waals surface area contributed by atoms with Crippen molar-refractivity contribution in [1.29, 1.82) is 0 Å². The summed E-state index contributed by atoms with van der Waals surface area (Å²) < 4.78 is 0. The quantitative estimate of drug-likeness (QED) is 0.585. The molecule has 2 rings (SSSR count). The smallest absolute Gasteiger partial charge is 0.0331 e. The standard InChI is InChI=1S/C10H20N2/c1-10-6-4-7-11-9(10)5-3-8-12(10)2/h9,11H,3-8H2,1-2H3/t9-,10-/m0/s1. The Bertz CT molecular complexity index is 167. The maximum Gasteiger partial charge on any atom is 0.0331 e. The molecule has 0 aromatic rings. The zero-order valence-electron chi connectivity index (χ0n) is 8.27. The van der Waals surface area contributed by atoms with Crippen LogP contribution in [0.4, 0.5) is 0 Å². The molecule has 0 radical (unpaired) electrons. The van der Waals surface area contributed by atoms with Gasteiger partial charge in [0.2, 0.25) is 0 Å². The molecule has 12 heavy (non-hydrogen) atoms. The highest BCUT2D eigenvalue weighted by molar-refractivity contribution is 5.01. The minimum absolute atomic E-state index is 0.455. The van der Waals surface area contributed by atoms with E-state index in [1.165, 1.54) is 38.8 Å². The van der Waals surface area contributed by atoms with Crippen molar-refractivity contribution in [3.63, 3.8) is 0 Å². The van der Waals surface area contributed by atoms with Gasteiger partial charge in [-0.25, -0.2) is 0 Å². The summed E-state index contributed by atoms with van der Waals surface area (Å²) in [6.07, 6.45) is 5.46. The van der Waals surface area contributed by atoms with E-state index in [0.29, 0.717) is 5.54 Å². The maximum atomic E-state index is 3.65. The molecule has 0 saturated carbocycles. The predicted molar refractivity (Wildman–Crippen MR) is 51.3 cm³/mol. The fourth-order valence-electron chi connectivity index (χ4n) is 2.77. The predicted octanol–water partition coefficient (Wildman–Crippen LogP) is 1.22. The normalized spacial score (nSPS) is 44.0. The molecular weight excluding hydrogens is 148 g/mol. The molecule has 2 atom stereocenters. The molecule has 0 aliphatic carbocycles. The van der Waals surface area contributed by atoms with E-state index in [-0.39, 0.29) is 0 Å². The van der Waals surface area contributed by atoms with E-state index in [0.717, 1.165) is 6.04 Å². The van der Waals surface area contributed by atoms with Crippen LogP contribution in [0.5, 0.6) is 0 Å². The SMILES string of the molecule is CN1CCC[C@@H]2NCCC[C@@]21C. The summed E-state index contributed by atoms with van der Waals surface area (Å²) in [5.74, 6) is 0. The Morgan fingerprint density at radius 1 is 1.42 bits per heavy atom. The molecular formula is C10H20N2. The van der Waals surface area contributed by atoms with E-state index in [9.17, 15) is 0 Å². The molecule has 0 aromatic heterocycles. The maximum absolute atomic E-state index is 3.65. The summed E-state index contributed by atoms with van der Waals surface area (Å²) in [4.78, 5) is 2.55. The van der Waals surface area contributed by atoms with Gasteiger partial charge in [-0.05, 0) is 52.7 Å². The first-order valence-corrected chi connectivity index (χ1v) is 5.18. The molecule has 0 spiro atoms. The van der Waals surface area contributed by atoms with Crippen molar-refractivity contribution in [1.82, 2.24) is 10.2 Å². The van der Waals surface area contributed by atoms with Crippen LogP contribution in [0.2, 0.25) is 0 Å². The molecule has 2 heteroatoms. The van der Waals surface area contributed by atoms with Crippen molar-refractivity contribution in [2.75, 3.05) is 20.1 Å². The summed E-state index contributed by atoms with van der Waals surface area (Å²) >= 11 is 0. The lowest BCUT2D eigenvalue weighted by Gasteiger charge is -2.51. The molecule has 0 bridgehead atoms. The zero-order chi connectivity index (χ0) is 8.60.